The first-order valence-electron chi connectivity index (χ1n) is 9.47. The molecule has 2 aliphatic rings. The number of rotatable bonds is 4. The van der Waals surface area contributed by atoms with E-state index in [0.29, 0.717) is 18.9 Å². The Morgan fingerprint density at radius 1 is 1.32 bits per heavy atom. The first-order chi connectivity index (χ1) is 13.6. The lowest BCUT2D eigenvalue weighted by molar-refractivity contribution is -0.149. The second kappa shape index (κ2) is 7.58. The molecule has 1 aliphatic carbocycles. The molecule has 2 aromatic rings. The van der Waals surface area contributed by atoms with Crippen LogP contribution in [0.15, 0.2) is 30.5 Å². The number of nitrogens with one attached hydrogen (secondary N) is 2. The van der Waals surface area contributed by atoms with Gasteiger partial charge in [-0.25, -0.2) is 4.98 Å². The Morgan fingerprint density at radius 3 is 2.82 bits per heavy atom. The second-order valence-corrected chi connectivity index (χ2v) is 7.09. The molecule has 0 bridgehead atoms. The molecule has 1 aliphatic heterocycles. The lowest BCUT2D eigenvalue weighted by atomic mass is 9.90. The number of allylic oxidation sites excluding steroid dienone is 2. The zero-order valence-corrected chi connectivity index (χ0v) is 15.7. The summed E-state index contributed by atoms with van der Waals surface area (Å²) in [6.07, 6.45) is 7.87. The highest BCUT2D eigenvalue weighted by atomic mass is 16.7. The van der Waals surface area contributed by atoms with Crippen LogP contribution in [-0.4, -0.2) is 29.1 Å². The average Bonchev–Trinajstić information content (AvgIpc) is 3.39. The number of anilines is 1. The minimum atomic E-state index is -0.769. The molecule has 0 saturated carbocycles. The zero-order chi connectivity index (χ0) is 19.6. The minimum Gasteiger partial charge on any atom is -0.344 e. The lowest BCUT2D eigenvalue weighted by Crippen LogP contribution is -2.23. The molecule has 2 heterocycles. The van der Waals surface area contributed by atoms with Crippen molar-refractivity contribution in [2.45, 2.75) is 38.4 Å². The van der Waals surface area contributed by atoms with E-state index in [2.05, 4.69) is 21.4 Å². The van der Waals surface area contributed by atoms with Crippen LogP contribution in [0.5, 0.6) is 0 Å². The highest BCUT2D eigenvalue weighted by molar-refractivity contribution is 6.03. The van der Waals surface area contributed by atoms with Crippen molar-refractivity contribution in [3.8, 4) is 6.07 Å². The highest BCUT2D eigenvalue weighted by Crippen LogP contribution is 2.37. The van der Waals surface area contributed by atoms with Gasteiger partial charge in [0.1, 0.15) is 11.8 Å². The summed E-state index contributed by atoms with van der Waals surface area (Å²) < 4.78 is 11.6. The molecule has 28 heavy (non-hydrogen) atoms. The van der Waals surface area contributed by atoms with Crippen LogP contribution >= 0.6 is 0 Å². The molecule has 2 N–H and O–H groups in total. The van der Waals surface area contributed by atoms with Crippen LogP contribution in [0.2, 0.25) is 0 Å². The van der Waals surface area contributed by atoms with Gasteiger partial charge in [-0.1, -0.05) is 12.1 Å². The van der Waals surface area contributed by atoms with E-state index in [1.165, 1.54) is 18.2 Å². The summed E-state index contributed by atoms with van der Waals surface area (Å²) in [6.45, 7) is 3.04. The number of hydrogen-bond donors (Lipinski definition) is 2. The van der Waals surface area contributed by atoms with E-state index in [1.807, 2.05) is 31.2 Å². The van der Waals surface area contributed by atoms with E-state index in [1.54, 1.807) is 0 Å². The molecule has 0 atom stereocenters. The Morgan fingerprint density at radius 2 is 2.14 bits per heavy atom. The van der Waals surface area contributed by atoms with Gasteiger partial charge in [0.2, 0.25) is 0 Å². The largest absolute Gasteiger partial charge is 0.344 e. The number of nitriles is 1. The van der Waals surface area contributed by atoms with Crippen molar-refractivity contribution in [2.24, 2.45) is 0 Å². The fourth-order valence-corrected chi connectivity index (χ4v) is 3.64. The van der Waals surface area contributed by atoms with Gasteiger partial charge in [-0.3, -0.25) is 4.79 Å². The molecule has 1 aromatic carbocycles. The zero-order valence-electron chi connectivity index (χ0n) is 15.7. The molecule has 144 valence electrons. The molecule has 7 heteroatoms. The van der Waals surface area contributed by atoms with Crippen LogP contribution in [0, 0.1) is 11.3 Å². The van der Waals surface area contributed by atoms with Crippen molar-refractivity contribution in [3.63, 3.8) is 0 Å². The topological polar surface area (TPSA) is 100 Å². The summed E-state index contributed by atoms with van der Waals surface area (Å²) in [5, 5.41) is 11.8. The van der Waals surface area contributed by atoms with Gasteiger partial charge in [-0.2, -0.15) is 5.26 Å². The van der Waals surface area contributed by atoms with Crippen LogP contribution in [0.4, 0.5) is 5.69 Å². The molecule has 1 saturated heterocycles. The summed E-state index contributed by atoms with van der Waals surface area (Å²) in [7, 11) is 0. The van der Waals surface area contributed by atoms with Crippen molar-refractivity contribution in [3.05, 3.63) is 53.1 Å². The third kappa shape index (κ3) is 3.57. The monoisotopic (exact) mass is 378 g/mol. The predicted molar refractivity (Wildman–Crippen MR) is 103 cm³/mol. The van der Waals surface area contributed by atoms with Crippen molar-refractivity contribution < 1.29 is 14.3 Å². The summed E-state index contributed by atoms with van der Waals surface area (Å²) in [5.41, 5.74) is 4.06. The second-order valence-electron chi connectivity index (χ2n) is 7.09. The van der Waals surface area contributed by atoms with Crippen LogP contribution in [0.25, 0.3) is 5.57 Å². The standard InChI is InChI=1S/C21H22N4O3/c1-21(27-9-10-28-21)15-7-8-18(17(11-15)14-5-3-2-4-6-14)25-20(26)19-23-13-16(12-22)24-19/h5,7-8,11,13H,2-4,6,9-10H2,1H3,(H,23,24)(H,25,26). The Labute approximate surface area is 163 Å². The number of carbonyl (C=O) groups is 1. The van der Waals surface area contributed by atoms with Crippen LogP contribution < -0.4 is 5.32 Å². The van der Waals surface area contributed by atoms with Crippen molar-refractivity contribution in [2.75, 3.05) is 18.5 Å². The Bertz CT molecular complexity index is 964. The van der Waals surface area contributed by atoms with E-state index < -0.39 is 5.79 Å². The fraction of sp³-hybridized carbons (Fsp3) is 0.381. The Balaban J connectivity index is 1.68. The fourth-order valence-electron chi connectivity index (χ4n) is 3.64. The van der Waals surface area contributed by atoms with Crippen molar-refractivity contribution in [1.29, 1.82) is 5.26 Å². The summed E-state index contributed by atoms with van der Waals surface area (Å²) >= 11 is 0. The molecule has 7 nitrogen and oxygen atoms in total. The highest BCUT2D eigenvalue weighted by Gasteiger charge is 2.34. The maximum absolute atomic E-state index is 12.6. The average molecular weight is 378 g/mol. The van der Waals surface area contributed by atoms with Gasteiger partial charge in [0.15, 0.2) is 11.6 Å². The van der Waals surface area contributed by atoms with Gasteiger partial charge < -0.3 is 19.8 Å². The molecule has 0 spiro atoms. The maximum Gasteiger partial charge on any atom is 0.291 e. The molecule has 1 fully saturated rings. The SMILES string of the molecule is CC1(c2ccc(NC(=O)c3ncc(C#N)[nH]3)c(C3=CCCCC3)c2)OCCO1. The normalized spacial score (nSPS) is 18.4. The van der Waals surface area contributed by atoms with Gasteiger partial charge in [0.05, 0.1) is 19.4 Å². The third-order valence-corrected chi connectivity index (χ3v) is 5.18. The van der Waals surface area contributed by atoms with Gasteiger partial charge in [0.25, 0.3) is 5.91 Å². The molecule has 4 rings (SSSR count). The van der Waals surface area contributed by atoms with E-state index >= 15 is 0 Å². The number of hydrogen-bond acceptors (Lipinski definition) is 5. The number of imidazole rings is 1. The van der Waals surface area contributed by atoms with Gasteiger partial charge in [-0.15, -0.1) is 0 Å². The number of H-pyrrole nitrogens is 1. The number of amides is 1. The third-order valence-electron chi connectivity index (χ3n) is 5.18. The van der Waals surface area contributed by atoms with Gasteiger partial charge in [0, 0.05) is 16.8 Å². The number of aromatic nitrogens is 2. The molecular formula is C21H22N4O3. The summed E-state index contributed by atoms with van der Waals surface area (Å²) in [5.74, 6) is -1.04. The Hall–Kier alpha value is -2.95. The molecule has 0 unspecified atom stereocenters. The lowest BCUT2D eigenvalue weighted by Gasteiger charge is -2.25. The van der Waals surface area contributed by atoms with E-state index in [4.69, 9.17) is 14.7 Å². The minimum absolute atomic E-state index is 0.110. The van der Waals surface area contributed by atoms with E-state index in [9.17, 15) is 4.79 Å². The molecule has 1 amide bonds. The number of ether oxygens (including phenoxy) is 2. The van der Waals surface area contributed by atoms with E-state index in [-0.39, 0.29) is 17.4 Å². The first-order valence-corrected chi connectivity index (χ1v) is 9.47. The number of nitrogens with zero attached hydrogens (tertiary/aromatic N) is 2. The van der Waals surface area contributed by atoms with Gasteiger partial charge in [-0.05, 0) is 50.3 Å². The number of carbonyl (C=O) groups excluding carboxylic acids is 1. The first kappa shape index (κ1) is 18.4. The van der Waals surface area contributed by atoms with Gasteiger partial charge >= 0.3 is 0 Å². The van der Waals surface area contributed by atoms with Crippen LogP contribution in [0.1, 0.15) is 60.0 Å². The smallest absolute Gasteiger partial charge is 0.291 e. The quantitative estimate of drug-likeness (QED) is 0.845. The van der Waals surface area contributed by atoms with Crippen LogP contribution in [-0.2, 0) is 15.3 Å². The molecular weight excluding hydrogens is 356 g/mol. The van der Waals surface area contributed by atoms with Crippen molar-refractivity contribution in [1.82, 2.24) is 9.97 Å². The molecule has 1 aromatic heterocycles. The maximum atomic E-state index is 12.6. The number of aromatic amines is 1. The van der Waals surface area contributed by atoms with Crippen LogP contribution in [0.3, 0.4) is 0 Å². The van der Waals surface area contributed by atoms with Crippen molar-refractivity contribution >= 4 is 17.2 Å². The Kier molecular flexibility index (Phi) is 4.99. The van der Waals surface area contributed by atoms with E-state index in [0.717, 1.165) is 30.4 Å². The molecule has 0 radical (unpaired) electrons. The number of benzene rings is 1. The summed E-state index contributed by atoms with van der Waals surface area (Å²) in [6, 6.07) is 7.77. The summed E-state index contributed by atoms with van der Waals surface area (Å²) in [4.78, 5) is 19.3. The predicted octanol–water partition coefficient (Wildman–Crippen LogP) is 3.71.